The average Bonchev–Trinajstić information content (AvgIpc) is 2.91. The maximum atomic E-state index is 12.5. The molecule has 0 saturated heterocycles. The summed E-state index contributed by atoms with van der Waals surface area (Å²) >= 11 is 0. The predicted octanol–water partition coefficient (Wildman–Crippen LogP) is 2.46. The van der Waals surface area contributed by atoms with Crippen molar-refractivity contribution in [1.29, 1.82) is 0 Å². The van der Waals surface area contributed by atoms with Crippen molar-refractivity contribution < 1.29 is 18.3 Å². The van der Waals surface area contributed by atoms with Crippen molar-refractivity contribution in [2.24, 2.45) is 7.05 Å². The van der Waals surface area contributed by atoms with Gasteiger partial charge in [0.05, 0.1) is 4.90 Å². The summed E-state index contributed by atoms with van der Waals surface area (Å²) in [4.78, 5) is 11.7. The Balaban J connectivity index is 1.90. The number of carboxylic acids is 1. The molecule has 2 aromatic carbocycles. The normalized spacial score (nSPS) is 13.0. The Bertz CT molecular complexity index is 1050. The van der Waals surface area contributed by atoms with Gasteiger partial charge in [-0.1, -0.05) is 35.9 Å². The van der Waals surface area contributed by atoms with E-state index >= 15 is 0 Å². The van der Waals surface area contributed by atoms with Gasteiger partial charge in [-0.15, -0.1) is 0 Å². The molecule has 1 aromatic heterocycles. The zero-order chi connectivity index (χ0) is 18.9. The van der Waals surface area contributed by atoms with E-state index in [2.05, 4.69) is 4.72 Å². The quantitative estimate of drug-likeness (QED) is 0.696. The van der Waals surface area contributed by atoms with Gasteiger partial charge < -0.3 is 9.67 Å². The lowest BCUT2D eigenvalue weighted by molar-refractivity contribution is -0.138. The van der Waals surface area contributed by atoms with Crippen LogP contribution in [0.5, 0.6) is 0 Å². The maximum Gasteiger partial charge on any atom is 0.322 e. The molecule has 136 valence electrons. The molecule has 1 unspecified atom stereocenters. The van der Waals surface area contributed by atoms with Crippen LogP contribution in [0.4, 0.5) is 0 Å². The number of sulfonamides is 1. The molecular weight excluding hydrogens is 352 g/mol. The van der Waals surface area contributed by atoms with Gasteiger partial charge in [-0.3, -0.25) is 4.79 Å². The number of carboxylic acid groups (broad SMARTS) is 1. The molecule has 1 heterocycles. The van der Waals surface area contributed by atoms with Crippen LogP contribution in [0.25, 0.3) is 10.9 Å². The number of rotatable bonds is 6. The lowest BCUT2D eigenvalue weighted by Crippen LogP contribution is -2.42. The second kappa shape index (κ2) is 6.93. The van der Waals surface area contributed by atoms with Gasteiger partial charge in [-0.25, -0.2) is 8.42 Å². The number of aryl methyl sites for hydroxylation is 2. The van der Waals surface area contributed by atoms with Crippen LogP contribution in [0.15, 0.2) is 59.6 Å². The molecule has 0 bridgehead atoms. The Kier molecular flexibility index (Phi) is 4.84. The van der Waals surface area contributed by atoms with E-state index in [9.17, 15) is 18.3 Å². The van der Waals surface area contributed by atoms with Gasteiger partial charge in [0.1, 0.15) is 6.04 Å². The first-order valence-electron chi connectivity index (χ1n) is 8.12. The number of nitrogens with zero attached hydrogens (tertiary/aromatic N) is 1. The van der Waals surface area contributed by atoms with E-state index in [4.69, 9.17) is 0 Å². The summed E-state index contributed by atoms with van der Waals surface area (Å²) in [5.41, 5.74) is 2.67. The Morgan fingerprint density at radius 1 is 1.15 bits per heavy atom. The highest BCUT2D eigenvalue weighted by molar-refractivity contribution is 7.89. The van der Waals surface area contributed by atoms with E-state index < -0.39 is 22.0 Å². The second-order valence-electron chi connectivity index (χ2n) is 6.31. The monoisotopic (exact) mass is 372 g/mol. The first-order chi connectivity index (χ1) is 12.3. The van der Waals surface area contributed by atoms with Gasteiger partial charge in [0.2, 0.25) is 10.0 Å². The van der Waals surface area contributed by atoms with Crippen LogP contribution in [-0.2, 0) is 28.3 Å². The summed E-state index contributed by atoms with van der Waals surface area (Å²) in [5, 5.41) is 10.4. The number of carbonyl (C=O) groups is 1. The van der Waals surface area contributed by atoms with Crippen molar-refractivity contribution in [1.82, 2.24) is 9.29 Å². The van der Waals surface area contributed by atoms with E-state index in [0.29, 0.717) is 0 Å². The number of benzene rings is 2. The number of para-hydroxylation sites is 1. The highest BCUT2D eigenvalue weighted by Gasteiger charge is 2.26. The van der Waals surface area contributed by atoms with Crippen molar-refractivity contribution >= 4 is 26.9 Å². The van der Waals surface area contributed by atoms with Gasteiger partial charge in [0, 0.05) is 30.6 Å². The van der Waals surface area contributed by atoms with Crippen LogP contribution in [0.2, 0.25) is 0 Å². The fourth-order valence-corrected chi connectivity index (χ4v) is 4.15. The number of fused-ring (bicyclic) bond motifs is 1. The second-order valence-corrected chi connectivity index (χ2v) is 8.03. The third-order valence-corrected chi connectivity index (χ3v) is 5.82. The van der Waals surface area contributed by atoms with Crippen molar-refractivity contribution in [2.75, 3.05) is 0 Å². The molecule has 0 radical (unpaired) electrons. The third-order valence-electron chi connectivity index (χ3n) is 4.33. The van der Waals surface area contributed by atoms with E-state index in [1.807, 2.05) is 49.0 Å². The first-order valence-corrected chi connectivity index (χ1v) is 9.61. The molecule has 0 spiro atoms. The Labute approximate surface area is 152 Å². The van der Waals surface area contributed by atoms with Crippen molar-refractivity contribution in [3.05, 3.63) is 65.9 Å². The summed E-state index contributed by atoms with van der Waals surface area (Å²) in [5.74, 6) is -1.21. The van der Waals surface area contributed by atoms with E-state index in [1.54, 1.807) is 12.1 Å². The summed E-state index contributed by atoms with van der Waals surface area (Å²) in [6.07, 6.45) is 1.89. The molecular formula is C19H20N2O4S. The summed E-state index contributed by atoms with van der Waals surface area (Å²) < 4.78 is 29.3. The lowest BCUT2D eigenvalue weighted by atomic mass is 10.1. The molecule has 3 rings (SSSR count). The highest BCUT2D eigenvalue weighted by Crippen LogP contribution is 2.22. The molecule has 0 saturated carbocycles. The van der Waals surface area contributed by atoms with Gasteiger partial charge >= 0.3 is 5.97 Å². The van der Waals surface area contributed by atoms with Gasteiger partial charge in [-0.2, -0.15) is 4.72 Å². The van der Waals surface area contributed by atoms with Crippen LogP contribution in [0.3, 0.4) is 0 Å². The zero-order valence-electron chi connectivity index (χ0n) is 14.5. The Morgan fingerprint density at radius 2 is 1.81 bits per heavy atom. The van der Waals surface area contributed by atoms with Crippen LogP contribution >= 0.6 is 0 Å². The fourth-order valence-electron chi connectivity index (χ4n) is 2.96. The highest BCUT2D eigenvalue weighted by atomic mass is 32.2. The Hall–Kier alpha value is -2.64. The van der Waals surface area contributed by atoms with Crippen molar-refractivity contribution in [3.63, 3.8) is 0 Å². The Morgan fingerprint density at radius 3 is 2.46 bits per heavy atom. The number of hydrogen-bond donors (Lipinski definition) is 2. The van der Waals surface area contributed by atoms with Crippen LogP contribution in [0, 0.1) is 6.92 Å². The summed E-state index contributed by atoms with van der Waals surface area (Å²) in [7, 11) is -2.05. The number of hydrogen-bond acceptors (Lipinski definition) is 3. The maximum absolute atomic E-state index is 12.5. The average molecular weight is 372 g/mol. The van der Waals surface area contributed by atoms with Gasteiger partial charge in [0.25, 0.3) is 0 Å². The van der Waals surface area contributed by atoms with E-state index in [1.165, 1.54) is 12.1 Å². The van der Waals surface area contributed by atoms with Crippen LogP contribution < -0.4 is 4.72 Å². The molecule has 0 fully saturated rings. The predicted molar refractivity (Wildman–Crippen MR) is 99.5 cm³/mol. The minimum absolute atomic E-state index is 0.0484. The molecule has 26 heavy (non-hydrogen) atoms. The number of aromatic nitrogens is 1. The third kappa shape index (κ3) is 3.63. The smallest absolute Gasteiger partial charge is 0.322 e. The zero-order valence-corrected chi connectivity index (χ0v) is 15.3. The molecule has 3 aromatic rings. The van der Waals surface area contributed by atoms with Crippen molar-refractivity contribution in [2.45, 2.75) is 24.3 Å². The minimum atomic E-state index is -3.93. The molecule has 0 aliphatic rings. The molecule has 6 nitrogen and oxygen atoms in total. The van der Waals surface area contributed by atoms with Gasteiger partial charge in [0.15, 0.2) is 0 Å². The number of aliphatic carboxylic acids is 1. The standard InChI is InChI=1S/C19H20N2O4S/c1-13-7-9-15(10-8-13)26(24,25)20-17(19(22)23)11-14-12-21(2)18-6-4-3-5-16(14)18/h3-10,12,17,20H,11H2,1-2H3,(H,22,23). The molecule has 2 N–H and O–H groups in total. The molecule has 0 amide bonds. The van der Waals surface area contributed by atoms with Crippen molar-refractivity contribution in [3.8, 4) is 0 Å². The molecule has 1 atom stereocenters. The molecule has 0 aliphatic carbocycles. The van der Waals surface area contributed by atoms with E-state index in [-0.39, 0.29) is 11.3 Å². The number of nitrogens with one attached hydrogen (secondary N) is 1. The molecule has 0 aliphatic heterocycles. The minimum Gasteiger partial charge on any atom is -0.480 e. The van der Waals surface area contributed by atoms with Gasteiger partial charge in [-0.05, 0) is 30.7 Å². The lowest BCUT2D eigenvalue weighted by Gasteiger charge is -2.15. The summed E-state index contributed by atoms with van der Waals surface area (Å²) in [6.45, 7) is 1.85. The van der Waals surface area contributed by atoms with E-state index in [0.717, 1.165) is 22.0 Å². The molecule has 7 heteroatoms. The summed E-state index contributed by atoms with van der Waals surface area (Å²) in [6, 6.07) is 12.6. The topological polar surface area (TPSA) is 88.4 Å². The first kappa shape index (κ1) is 18.2. The van der Waals surface area contributed by atoms with Crippen LogP contribution in [-0.4, -0.2) is 30.1 Å². The van der Waals surface area contributed by atoms with Crippen LogP contribution in [0.1, 0.15) is 11.1 Å². The largest absolute Gasteiger partial charge is 0.480 e. The fraction of sp³-hybridized carbons (Fsp3) is 0.211. The SMILES string of the molecule is Cc1ccc(S(=O)(=O)NC(Cc2cn(C)c3ccccc23)C(=O)O)cc1.